The van der Waals surface area contributed by atoms with Gasteiger partial charge in [-0.15, -0.1) is 0 Å². The Balaban J connectivity index is 1.57. The van der Waals surface area contributed by atoms with E-state index in [0.29, 0.717) is 11.3 Å². The van der Waals surface area contributed by atoms with E-state index in [1.807, 2.05) is 0 Å². The van der Waals surface area contributed by atoms with E-state index in [0.717, 1.165) is 11.8 Å². The van der Waals surface area contributed by atoms with Gasteiger partial charge in [0, 0.05) is 41.5 Å². The molecule has 4 rings (SSSR count). The molecule has 9 heteroatoms. The molecule has 3 aromatic rings. The molecule has 0 spiro atoms. The zero-order chi connectivity index (χ0) is 20.6. The van der Waals surface area contributed by atoms with Crippen LogP contribution in [-0.2, 0) is 11.0 Å². The highest BCUT2D eigenvalue weighted by Gasteiger charge is 2.38. The number of anilines is 1. The van der Waals surface area contributed by atoms with E-state index < -0.39 is 23.7 Å². The van der Waals surface area contributed by atoms with Crippen LogP contribution < -0.4 is 5.32 Å². The Morgan fingerprint density at radius 1 is 1.07 bits per heavy atom. The Morgan fingerprint density at radius 2 is 1.90 bits per heavy atom. The number of benzene rings is 1. The van der Waals surface area contributed by atoms with Gasteiger partial charge in [0.2, 0.25) is 17.5 Å². The molecule has 2 heterocycles. The first-order valence-electron chi connectivity index (χ1n) is 8.35. The van der Waals surface area contributed by atoms with Crippen LogP contribution in [0.4, 0.5) is 18.9 Å². The molecule has 0 atom stereocenters. The molecule has 0 unspecified atom stereocenters. The van der Waals surface area contributed by atoms with Crippen molar-refractivity contribution in [2.45, 2.75) is 6.18 Å². The molecule has 1 aliphatic rings. The van der Waals surface area contributed by atoms with Crippen molar-refractivity contribution in [2.24, 2.45) is 0 Å². The van der Waals surface area contributed by atoms with Gasteiger partial charge in [-0.3, -0.25) is 14.6 Å². The van der Waals surface area contributed by atoms with Gasteiger partial charge in [-0.2, -0.15) is 13.2 Å². The molecule has 0 saturated carbocycles. The van der Waals surface area contributed by atoms with Gasteiger partial charge >= 0.3 is 6.18 Å². The van der Waals surface area contributed by atoms with Gasteiger partial charge in [-0.1, -0.05) is 12.1 Å². The molecule has 1 N–H and O–H groups in total. The number of hydrogen-bond acceptors (Lipinski definition) is 5. The lowest BCUT2D eigenvalue weighted by molar-refractivity contribution is -0.145. The topological polar surface area (TPSA) is 84.8 Å². The molecule has 0 bridgehead atoms. The molecule has 1 aliphatic carbocycles. The quantitative estimate of drug-likeness (QED) is 0.533. The smallest absolute Gasteiger partial charge is 0.322 e. The summed E-state index contributed by atoms with van der Waals surface area (Å²) < 4.78 is 38.5. The molecule has 0 saturated heterocycles. The van der Waals surface area contributed by atoms with Crippen LogP contribution in [0, 0.1) is 0 Å². The number of pyridine rings is 1. The van der Waals surface area contributed by atoms with Gasteiger partial charge < -0.3 is 5.32 Å². The number of rotatable bonds is 3. The number of fused-ring (bicyclic) bond motifs is 3. The number of carbonyl (C=O) groups is 2. The molecular weight excluding hydrogens is 385 g/mol. The third-order valence-corrected chi connectivity index (χ3v) is 4.19. The highest BCUT2D eigenvalue weighted by molar-refractivity contribution is 6.21. The van der Waals surface area contributed by atoms with Crippen molar-refractivity contribution in [3.63, 3.8) is 0 Å². The molecule has 144 valence electrons. The number of ketones is 1. The molecule has 1 amide bonds. The number of carbonyl (C=O) groups excluding carboxylic acids is 2. The van der Waals surface area contributed by atoms with Gasteiger partial charge in [-0.25, -0.2) is 9.97 Å². The zero-order valence-corrected chi connectivity index (χ0v) is 14.6. The van der Waals surface area contributed by atoms with Crippen molar-refractivity contribution in [1.29, 1.82) is 0 Å². The van der Waals surface area contributed by atoms with Crippen LogP contribution >= 0.6 is 0 Å². The lowest BCUT2D eigenvalue weighted by Crippen LogP contribution is -2.13. The van der Waals surface area contributed by atoms with E-state index in [9.17, 15) is 22.8 Å². The van der Waals surface area contributed by atoms with Gasteiger partial charge in [0.05, 0.1) is 0 Å². The second-order valence-electron chi connectivity index (χ2n) is 6.15. The minimum atomic E-state index is -4.75. The number of hydrogen-bond donors (Lipinski definition) is 1. The van der Waals surface area contributed by atoms with E-state index in [1.54, 1.807) is 36.7 Å². The Bertz CT molecular complexity index is 1160. The van der Waals surface area contributed by atoms with Gasteiger partial charge in [-0.05, 0) is 35.4 Å². The Labute approximate surface area is 162 Å². The second-order valence-corrected chi connectivity index (χ2v) is 6.15. The van der Waals surface area contributed by atoms with Crippen LogP contribution in [-0.4, -0.2) is 26.6 Å². The third kappa shape index (κ3) is 3.62. The zero-order valence-electron chi connectivity index (χ0n) is 14.6. The highest BCUT2D eigenvalue weighted by Crippen LogP contribution is 2.38. The SMILES string of the molecule is O=C(C=Cc1cccnc1)Nc1ccc2c(c1)C(=O)c1nc(C(F)(F)F)ncc1-2. The van der Waals surface area contributed by atoms with Gasteiger partial charge in [0.15, 0.2) is 0 Å². The van der Waals surface area contributed by atoms with Crippen LogP contribution in [0.3, 0.4) is 0 Å². The van der Waals surface area contributed by atoms with Crippen LogP contribution in [0.2, 0.25) is 0 Å². The maximum Gasteiger partial charge on any atom is 0.451 e. The number of nitrogens with zero attached hydrogens (tertiary/aromatic N) is 3. The van der Waals surface area contributed by atoms with E-state index >= 15 is 0 Å². The van der Waals surface area contributed by atoms with Crippen LogP contribution in [0.5, 0.6) is 0 Å². The molecule has 2 aromatic heterocycles. The Hall–Kier alpha value is -3.88. The first kappa shape index (κ1) is 18.5. The first-order valence-corrected chi connectivity index (χ1v) is 8.35. The van der Waals surface area contributed by atoms with Crippen molar-refractivity contribution >= 4 is 23.5 Å². The van der Waals surface area contributed by atoms with Crippen molar-refractivity contribution in [2.75, 3.05) is 5.32 Å². The fourth-order valence-corrected chi connectivity index (χ4v) is 2.89. The molecule has 29 heavy (non-hydrogen) atoms. The summed E-state index contributed by atoms with van der Waals surface area (Å²) in [7, 11) is 0. The average Bonchev–Trinajstić information content (AvgIpc) is 2.98. The summed E-state index contributed by atoms with van der Waals surface area (Å²) in [5, 5.41) is 2.61. The number of halogens is 3. The lowest BCUT2D eigenvalue weighted by atomic mass is 10.1. The summed E-state index contributed by atoms with van der Waals surface area (Å²) in [6.45, 7) is 0. The summed E-state index contributed by atoms with van der Waals surface area (Å²) in [6.07, 6.45) is 2.32. The molecule has 1 aromatic carbocycles. The predicted octanol–water partition coefficient (Wildman–Crippen LogP) is 3.75. The summed E-state index contributed by atoms with van der Waals surface area (Å²) in [5.74, 6) is -2.45. The van der Waals surface area contributed by atoms with Crippen molar-refractivity contribution in [3.05, 3.63) is 77.6 Å². The maximum absolute atomic E-state index is 12.8. The largest absolute Gasteiger partial charge is 0.451 e. The van der Waals surface area contributed by atoms with Crippen LogP contribution in [0.25, 0.3) is 17.2 Å². The number of aromatic nitrogens is 3. The summed E-state index contributed by atoms with van der Waals surface area (Å²) in [4.78, 5) is 35.2. The molecule has 0 aliphatic heterocycles. The van der Waals surface area contributed by atoms with E-state index in [2.05, 4.69) is 20.3 Å². The van der Waals surface area contributed by atoms with Crippen LogP contribution in [0.15, 0.2) is 55.0 Å². The molecule has 0 radical (unpaired) electrons. The fourth-order valence-electron chi connectivity index (χ4n) is 2.89. The van der Waals surface area contributed by atoms with E-state index in [4.69, 9.17) is 0 Å². The third-order valence-electron chi connectivity index (χ3n) is 4.19. The van der Waals surface area contributed by atoms with Gasteiger partial charge in [0.1, 0.15) is 5.69 Å². The lowest BCUT2D eigenvalue weighted by Gasteiger charge is -2.06. The number of alkyl halides is 3. The Kier molecular flexibility index (Phi) is 4.42. The highest BCUT2D eigenvalue weighted by atomic mass is 19.4. The summed E-state index contributed by atoms with van der Waals surface area (Å²) >= 11 is 0. The van der Waals surface area contributed by atoms with Crippen LogP contribution in [0.1, 0.15) is 27.4 Å². The molecule has 0 fully saturated rings. The van der Waals surface area contributed by atoms with Gasteiger partial charge in [0.25, 0.3) is 0 Å². The average molecular weight is 396 g/mol. The molecule has 6 nitrogen and oxygen atoms in total. The normalized spacial score (nSPS) is 12.7. The first-order chi connectivity index (χ1) is 13.8. The van der Waals surface area contributed by atoms with E-state index in [-0.39, 0.29) is 16.8 Å². The minimum Gasteiger partial charge on any atom is -0.322 e. The standard InChI is InChI=1S/C20H11F3N4O2/c21-20(22,23)19-25-10-15-13-5-4-12(8-14(13)18(29)17(15)27-19)26-16(28)6-3-11-2-1-7-24-9-11/h1-10H,(H,26,28). The monoisotopic (exact) mass is 396 g/mol. The maximum atomic E-state index is 12.8. The summed E-state index contributed by atoms with van der Waals surface area (Å²) in [5.41, 5.74) is 1.57. The number of nitrogens with one attached hydrogen (secondary N) is 1. The number of amides is 1. The Morgan fingerprint density at radius 3 is 2.62 bits per heavy atom. The molecular formula is C20H11F3N4O2. The van der Waals surface area contributed by atoms with Crippen molar-refractivity contribution in [1.82, 2.24) is 15.0 Å². The predicted molar refractivity (Wildman–Crippen MR) is 97.8 cm³/mol. The minimum absolute atomic E-state index is 0.155. The fraction of sp³-hybridized carbons (Fsp3) is 0.0500. The summed E-state index contributed by atoms with van der Waals surface area (Å²) in [6, 6.07) is 8.00. The van der Waals surface area contributed by atoms with E-state index in [1.165, 1.54) is 18.2 Å². The van der Waals surface area contributed by atoms with Crippen molar-refractivity contribution in [3.8, 4) is 11.1 Å². The second kappa shape index (κ2) is 6.93. The van der Waals surface area contributed by atoms with Crippen molar-refractivity contribution < 1.29 is 22.8 Å².